The van der Waals surface area contributed by atoms with E-state index in [1.165, 1.54) is 12.1 Å². The lowest BCUT2D eigenvalue weighted by Crippen LogP contribution is -2.11. The predicted octanol–water partition coefficient (Wildman–Crippen LogP) is 3.52. The first-order chi connectivity index (χ1) is 12.9. The van der Waals surface area contributed by atoms with Crippen molar-refractivity contribution in [3.05, 3.63) is 42.5 Å². The van der Waals surface area contributed by atoms with Crippen molar-refractivity contribution < 1.29 is 17.6 Å². The van der Waals surface area contributed by atoms with E-state index in [1.807, 2.05) is 28.8 Å². The molecule has 140 valence electrons. The van der Waals surface area contributed by atoms with E-state index >= 15 is 0 Å². The number of primary sulfonamides is 1. The molecule has 7 nitrogen and oxygen atoms in total. The number of hydrogen-bond acceptors (Lipinski definition) is 5. The fourth-order valence-corrected chi connectivity index (χ4v) is 3.77. The molecule has 2 aromatic heterocycles. The Morgan fingerprint density at radius 1 is 1.22 bits per heavy atom. The number of sulfonamides is 1. The molecule has 0 aliphatic heterocycles. The molecule has 0 saturated carbocycles. The van der Waals surface area contributed by atoms with E-state index in [4.69, 9.17) is 14.3 Å². The van der Waals surface area contributed by atoms with Crippen LogP contribution in [0.25, 0.3) is 33.6 Å². The average Bonchev–Trinajstić information content (AvgIpc) is 3.22. The number of nitrogens with two attached hydrogens (primary N) is 1. The monoisotopic (exact) mass is 385 g/mol. The van der Waals surface area contributed by atoms with E-state index in [9.17, 15) is 8.42 Å². The molecule has 8 heteroatoms. The second-order valence-corrected chi connectivity index (χ2v) is 7.83. The van der Waals surface area contributed by atoms with Gasteiger partial charge in [-0.15, -0.1) is 0 Å². The van der Waals surface area contributed by atoms with Gasteiger partial charge < -0.3 is 13.7 Å². The molecule has 4 aromatic rings. The number of furan rings is 1. The van der Waals surface area contributed by atoms with E-state index in [0.29, 0.717) is 35.0 Å². The van der Waals surface area contributed by atoms with E-state index < -0.39 is 10.0 Å². The standard InChI is InChI=1S/C19H19N3O4S/c1-3-9-22-15-8-7-13(27(20,23)24)11-14(15)21-19(22)17-10-12-5-4-6-16(25-2)18(12)26-17/h4-8,10-11H,3,9H2,1-2H3,(H2,20,23,24). The summed E-state index contributed by atoms with van der Waals surface area (Å²) < 4.78 is 36.7. The van der Waals surface area contributed by atoms with Crippen LogP contribution in [0.3, 0.4) is 0 Å². The van der Waals surface area contributed by atoms with Crippen LogP contribution in [-0.4, -0.2) is 25.1 Å². The highest BCUT2D eigenvalue weighted by Gasteiger charge is 2.19. The van der Waals surface area contributed by atoms with Crippen molar-refractivity contribution >= 4 is 32.0 Å². The number of fused-ring (bicyclic) bond motifs is 2. The quantitative estimate of drug-likeness (QED) is 0.566. The molecule has 4 rings (SSSR count). The average molecular weight is 385 g/mol. The lowest BCUT2D eigenvalue weighted by molar-refractivity contribution is 0.410. The lowest BCUT2D eigenvalue weighted by atomic mass is 10.2. The fraction of sp³-hybridized carbons (Fsp3) is 0.211. The van der Waals surface area contributed by atoms with E-state index in [0.717, 1.165) is 17.3 Å². The van der Waals surface area contributed by atoms with Crippen LogP contribution in [0.15, 0.2) is 51.8 Å². The zero-order valence-electron chi connectivity index (χ0n) is 15.0. The maximum Gasteiger partial charge on any atom is 0.238 e. The summed E-state index contributed by atoms with van der Waals surface area (Å²) in [4.78, 5) is 4.67. The molecule has 2 aromatic carbocycles. The fourth-order valence-electron chi connectivity index (χ4n) is 3.23. The molecule has 0 amide bonds. The largest absolute Gasteiger partial charge is 0.493 e. The number of aromatic nitrogens is 2. The minimum Gasteiger partial charge on any atom is -0.493 e. The van der Waals surface area contributed by atoms with Gasteiger partial charge in [-0.2, -0.15) is 0 Å². The first kappa shape index (κ1) is 17.6. The van der Waals surface area contributed by atoms with Crippen LogP contribution in [-0.2, 0) is 16.6 Å². The predicted molar refractivity (Wildman–Crippen MR) is 103 cm³/mol. The molecular formula is C19H19N3O4S. The maximum absolute atomic E-state index is 11.7. The van der Waals surface area contributed by atoms with Gasteiger partial charge in [-0.25, -0.2) is 18.5 Å². The molecule has 0 atom stereocenters. The van der Waals surface area contributed by atoms with Gasteiger partial charge >= 0.3 is 0 Å². The van der Waals surface area contributed by atoms with Crippen LogP contribution in [0, 0.1) is 0 Å². The van der Waals surface area contributed by atoms with Crippen LogP contribution in [0.1, 0.15) is 13.3 Å². The van der Waals surface area contributed by atoms with E-state index in [1.54, 1.807) is 13.2 Å². The number of imidazole rings is 1. The van der Waals surface area contributed by atoms with Crippen molar-refractivity contribution in [3.63, 3.8) is 0 Å². The number of ether oxygens (including phenoxy) is 1. The summed E-state index contributed by atoms with van der Waals surface area (Å²) in [6, 6.07) is 12.3. The molecule has 27 heavy (non-hydrogen) atoms. The SMILES string of the molecule is CCCn1c(-c2cc3cccc(OC)c3o2)nc2cc(S(N)(=O)=O)ccc21. The van der Waals surface area contributed by atoms with Crippen molar-refractivity contribution in [2.75, 3.05) is 7.11 Å². The molecule has 0 aliphatic carbocycles. The third-order valence-corrected chi connectivity index (χ3v) is 5.35. The Morgan fingerprint density at radius 3 is 2.74 bits per heavy atom. The topological polar surface area (TPSA) is 100 Å². The molecule has 0 unspecified atom stereocenters. The van der Waals surface area contributed by atoms with Crippen molar-refractivity contribution in [1.82, 2.24) is 9.55 Å². The number of benzene rings is 2. The maximum atomic E-state index is 11.7. The second-order valence-electron chi connectivity index (χ2n) is 6.27. The van der Waals surface area contributed by atoms with Gasteiger partial charge in [0.1, 0.15) is 0 Å². The number of methoxy groups -OCH3 is 1. The lowest BCUT2D eigenvalue weighted by Gasteiger charge is -2.06. The third kappa shape index (κ3) is 2.96. The highest BCUT2D eigenvalue weighted by molar-refractivity contribution is 7.89. The Morgan fingerprint density at radius 2 is 2.04 bits per heavy atom. The molecular weight excluding hydrogens is 366 g/mol. The van der Waals surface area contributed by atoms with Gasteiger partial charge in [0.2, 0.25) is 10.0 Å². The molecule has 0 saturated heterocycles. The first-order valence-corrected chi connectivity index (χ1v) is 10.1. The van der Waals surface area contributed by atoms with Crippen LogP contribution in [0.4, 0.5) is 0 Å². The van der Waals surface area contributed by atoms with Crippen molar-refractivity contribution in [2.45, 2.75) is 24.8 Å². The van der Waals surface area contributed by atoms with E-state index in [2.05, 4.69) is 11.9 Å². The number of aryl methyl sites for hydroxylation is 1. The summed E-state index contributed by atoms with van der Waals surface area (Å²) in [5, 5.41) is 6.16. The number of para-hydroxylation sites is 1. The Kier molecular flexibility index (Phi) is 4.16. The van der Waals surface area contributed by atoms with Gasteiger partial charge in [-0.3, -0.25) is 0 Å². The molecule has 2 heterocycles. The van der Waals surface area contributed by atoms with Gasteiger partial charge in [-0.05, 0) is 36.8 Å². The molecule has 0 bridgehead atoms. The summed E-state index contributed by atoms with van der Waals surface area (Å²) >= 11 is 0. The van der Waals surface area contributed by atoms with Gasteiger partial charge in [0.15, 0.2) is 22.9 Å². The Labute approximate surface area is 156 Å². The molecule has 2 N–H and O–H groups in total. The Balaban J connectivity index is 1.96. The third-order valence-electron chi connectivity index (χ3n) is 4.44. The Bertz CT molecular complexity index is 1250. The normalized spacial score (nSPS) is 12.1. The van der Waals surface area contributed by atoms with Gasteiger partial charge in [0.05, 0.1) is 23.0 Å². The summed E-state index contributed by atoms with van der Waals surface area (Å²) in [7, 11) is -2.20. The molecule has 0 aliphatic rings. The molecule has 0 fully saturated rings. The summed E-state index contributed by atoms with van der Waals surface area (Å²) in [6.07, 6.45) is 0.888. The van der Waals surface area contributed by atoms with Gasteiger partial charge in [0, 0.05) is 11.9 Å². The zero-order chi connectivity index (χ0) is 19.2. The summed E-state index contributed by atoms with van der Waals surface area (Å²) in [6.45, 7) is 2.78. The summed E-state index contributed by atoms with van der Waals surface area (Å²) in [5.41, 5.74) is 2.03. The minimum absolute atomic E-state index is 0.0361. The number of rotatable bonds is 5. The second kappa shape index (κ2) is 6.40. The van der Waals surface area contributed by atoms with Crippen LogP contribution >= 0.6 is 0 Å². The smallest absolute Gasteiger partial charge is 0.238 e. The van der Waals surface area contributed by atoms with Crippen LogP contribution in [0.2, 0.25) is 0 Å². The van der Waals surface area contributed by atoms with E-state index in [-0.39, 0.29) is 4.90 Å². The number of hydrogen-bond donors (Lipinski definition) is 1. The van der Waals surface area contributed by atoms with Crippen LogP contribution in [0.5, 0.6) is 5.75 Å². The zero-order valence-corrected chi connectivity index (χ0v) is 15.8. The van der Waals surface area contributed by atoms with Gasteiger partial charge in [-0.1, -0.05) is 19.1 Å². The van der Waals surface area contributed by atoms with Crippen LogP contribution < -0.4 is 9.88 Å². The molecule has 0 spiro atoms. The highest BCUT2D eigenvalue weighted by Crippen LogP contribution is 2.34. The molecule has 0 radical (unpaired) electrons. The first-order valence-electron chi connectivity index (χ1n) is 8.52. The minimum atomic E-state index is -3.79. The van der Waals surface area contributed by atoms with Crippen molar-refractivity contribution in [2.24, 2.45) is 5.14 Å². The number of nitrogens with zero attached hydrogens (tertiary/aromatic N) is 2. The van der Waals surface area contributed by atoms with Crippen molar-refractivity contribution in [1.29, 1.82) is 0 Å². The highest BCUT2D eigenvalue weighted by atomic mass is 32.2. The van der Waals surface area contributed by atoms with Gasteiger partial charge in [0.25, 0.3) is 0 Å². The Hall–Kier alpha value is -2.84. The van der Waals surface area contributed by atoms with Crippen molar-refractivity contribution in [3.8, 4) is 17.3 Å². The summed E-state index contributed by atoms with van der Waals surface area (Å²) in [5.74, 6) is 1.88.